The van der Waals surface area contributed by atoms with Crippen LogP contribution in [0, 0.1) is 5.92 Å². The van der Waals surface area contributed by atoms with Crippen LogP contribution >= 0.6 is 23.7 Å². The zero-order valence-electron chi connectivity index (χ0n) is 11.9. The lowest BCUT2D eigenvalue weighted by Gasteiger charge is -2.21. The summed E-state index contributed by atoms with van der Waals surface area (Å²) in [5.74, 6) is 0.143. The van der Waals surface area contributed by atoms with E-state index in [9.17, 15) is 4.79 Å². The molecular weight excluding hydrogens is 296 g/mol. The average Bonchev–Trinajstić information content (AvgIpc) is 2.88. The normalized spacial score (nSPS) is 18.4. The summed E-state index contributed by atoms with van der Waals surface area (Å²) in [6, 6.07) is 0. The van der Waals surface area contributed by atoms with Crippen molar-refractivity contribution in [1.29, 1.82) is 0 Å². The van der Waals surface area contributed by atoms with Crippen LogP contribution in [0.5, 0.6) is 0 Å². The van der Waals surface area contributed by atoms with Crippen LogP contribution in [0.2, 0.25) is 0 Å². The molecule has 7 heteroatoms. The molecule has 0 aromatic carbocycles. The largest absolute Gasteiger partial charge is 0.316 e. The molecular formula is C13H23ClN4OS. The van der Waals surface area contributed by atoms with Crippen molar-refractivity contribution < 1.29 is 4.79 Å². The molecule has 1 unspecified atom stereocenters. The van der Waals surface area contributed by atoms with Gasteiger partial charge in [0.15, 0.2) is 0 Å². The van der Waals surface area contributed by atoms with Crippen molar-refractivity contribution in [1.82, 2.24) is 15.5 Å². The van der Waals surface area contributed by atoms with Crippen LogP contribution in [0.1, 0.15) is 44.0 Å². The van der Waals surface area contributed by atoms with Crippen LogP contribution in [-0.2, 0) is 11.2 Å². The third-order valence-electron chi connectivity index (χ3n) is 3.36. The van der Waals surface area contributed by atoms with Gasteiger partial charge in [0, 0.05) is 13.0 Å². The second-order valence-electron chi connectivity index (χ2n) is 4.99. The molecule has 0 aliphatic carbocycles. The molecule has 0 radical (unpaired) electrons. The zero-order chi connectivity index (χ0) is 13.5. The van der Waals surface area contributed by atoms with E-state index < -0.39 is 0 Å². The van der Waals surface area contributed by atoms with Gasteiger partial charge in [-0.05, 0) is 25.8 Å². The molecule has 114 valence electrons. The van der Waals surface area contributed by atoms with Crippen molar-refractivity contribution in [3.8, 4) is 0 Å². The number of nitrogens with one attached hydrogen (secondary N) is 2. The van der Waals surface area contributed by atoms with Crippen molar-refractivity contribution in [2.24, 2.45) is 5.92 Å². The quantitative estimate of drug-likeness (QED) is 0.791. The molecule has 1 aliphatic rings. The molecule has 1 aliphatic heterocycles. The SMILES string of the molecule is CCCCCc1nnc(NC(=O)C2CCCNC2)s1.Cl. The van der Waals surface area contributed by atoms with Crippen molar-refractivity contribution in [3.63, 3.8) is 0 Å². The first-order valence-electron chi connectivity index (χ1n) is 7.13. The van der Waals surface area contributed by atoms with E-state index >= 15 is 0 Å². The van der Waals surface area contributed by atoms with Gasteiger partial charge < -0.3 is 10.6 Å². The molecule has 2 rings (SSSR count). The summed E-state index contributed by atoms with van der Waals surface area (Å²) in [5.41, 5.74) is 0. The first kappa shape index (κ1) is 17.3. The van der Waals surface area contributed by atoms with E-state index in [0.717, 1.165) is 43.8 Å². The van der Waals surface area contributed by atoms with E-state index in [4.69, 9.17) is 0 Å². The summed E-state index contributed by atoms with van der Waals surface area (Å²) in [6.07, 6.45) is 6.56. The fourth-order valence-electron chi connectivity index (χ4n) is 2.21. The fraction of sp³-hybridized carbons (Fsp3) is 0.769. The highest BCUT2D eigenvalue weighted by atomic mass is 35.5. The Morgan fingerprint density at radius 3 is 3.00 bits per heavy atom. The second kappa shape index (κ2) is 9.26. The molecule has 0 saturated carbocycles. The van der Waals surface area contributed by atoms with E-state index in [0.29, 0.717) is 5.13 Å². The number of nitrogens with zero attached hydrogens (tertiary/aromatic N) is 2. The summed E-state index contributed by atoms with van der Waals surface area (Å²) in [6.45, 7) is 3.97. The lowest BCUT2D eigenvalue weighted by atomic mass is 9.99. The van der Waals surface area contributed by atoms with Crippen LogP contribution in [-0.4, -0.2) is 29.2 Å². The van der Waals surface area contributed by atoms with E-state index in [1.807, 2.05) is 0 Å². The topological polar surface area (TPSA) is 66.9 Å². The smallest absolute Gasteiger partial charge is 0.230 e. The number of hydrogen-bond acceptors (Lipinski definition) is 5. The number of aromatic nitrogens is 2. The molecule has 1 amide bonds. The first-order chi connectivity index (χ1) is 9.29. The highest BCUT2D eigenvalue weighted by Gasteiger charge is 2.21. The lowest BCUT2D eigenvalue weighted by Crippen LogP contribution is -2.37. The minimum Gasteiger partial charge on any atom is -0.316 e. The van der Waals surface area contributed by atoms with Gasteiger partial charge in [-0.3, -0.25) is 4.79 Å². The third-order valence-corrected chi connectivity index (χ3v) is 4.26. The molecule has 1 aromatic heterocycles. The van der Waals surface area contributed by atoms with Gasteiger partial charge in [0.1, 0.15) is 5.01 Å². The Morgan fingerprint density at radius 1 is 1.45 bits per heavy atom. The van der Waals surface area contributed by atoms with E-state index in [2.05, 4.69) is 27.8 Å². The number of hydrogen-bond donors (Lipinski definition) is 2. The molecule has 0 bridgehead atoms. The van der Waals surface area contributed by atoms with Crippen molar-refractivity contribution >= 4 is 34.8 Å². The Hall–Kier alpha value is -0.720. The minimum absolute atomic E-state index is 0. The Bertz CT molecular complexity index is 407. The molecule has 1 aromatic rings. The van der Waals surface area contributed by atoms with E-state index in [-0.39, 0.29) is 24.2 Å². The summed E-state index contributed by atoms with van der Waals surface area (Å²) in [7, 11) is 0. The van der Waals surface area contributed by atoms with Crippen molar-refractivity contribution in [3.05, 3.63) is 5.01 Å². The van der Waals surface area contributed by atoms with E-state index in [1.165, 1.54) is 24.2 Å². The summed E-state index contributed by atoms with van der Waals surface area (Å²) < 4.78 is 0. The van der Waals surface area contributed by atoms with Gasteiger partial charge in [-0.2, -0.15) is 0 Å². The Labute approximate surface area is 130 Å². The van der Waals surface area contributed by atoms with Gasteiger partial charge in [0.2, 0.25) is 11.0 Å². The number of unbranched alkanes of at least 4 members (excludes halogenated alkanes) is 2. The predicted octanol–water partition coefficient (Wildman–Crippen LogP) is 2.63. The number of anilines is 1. The van der Waals surface area contributed by atoms with Gasteiger partial charge in [0.05, 0.1) is 5.92 Å². The van der Waals surface area contributed by atoms with Crippen molar-refractivity contribution in [2.45, 2.75) is 45.4 Å². The molecule has 1 fully saturated rings. The zero-order valence-corrected chi connectivity index (χ0v) is 13.5. The van der Waals surface area contributed by atoms with Crippen molar-refractivity contribution in [2.75, 3.05) is 18.4 Å². The number of rotatable bonds is 6. The number of amides is 1. The monoisotopic (exact) mass is 318 g/mol. The number of carbonyl (C=O) groups excluding carboxylic acids is 1. The molecule has 2 N–H and O–H groups in total. The summed E-state index contributed by atoms with van der Waals surface area (Å²) >= 11 is 1.50. The number of halogens is 1. The van der Waals surface area contributed by atoms with Gasteiger partial charge in [-0.15, -0.1) is 22.6 Å². The average molecular weight is 319 g/mol. The van der Waals surface area contributed by atoms with Gasteiger partial charge in [-0.1, -0.05) is 31.1 Å². The fourth-order valence-corrected chi connectivity index (χ4v) is 3.00. The van der Waals surface area contributed by atoms with Crippen LogP contribution in [0.15, 0.2) is 0 Å². The Kier molecular flexibility index (Phi) is 8.02. The maximum absolute atomic E-state index is 12.0. The van der Waals surface area contributed by atoms with Gasteiger partial charge in [-0.25, -0.2) is 0 Å². The van der Waals surface area contributed by atoms with Crippen LogP contribution in [0.3, 0.4) is 0 Å². The maximum Gasteiger partial charge on any atom is 0.230 e. The molecule has 2 heterocycles. The minimum atomic E-state index is 0. The van der Waals surface area contributed by atoms with Crippen LogP contribution in [0.25, 0.3) is 0 Å². The third kappa shape index (κ3) is 5.34. The molecule has 1 atom stereocenters. The van der Waals surface area contributed by atoms with Crippen LogP contribution < -0.4 is 10.6 Å². The predicted molar refractivity (Wildman–Crippen MR) is 84.6 cm³/mol. The first-order valence-corrected chi connectivity index (χ1v) is 7.95. The molecule has 20 heavy (non-hydrogen) atoms. The maximum atomic E-state index is 12.0. The Balaban J connectivity index is 0.00000200. The molecule has 1 saturated heterocycles. The highest BCUT2D eigenvalue weighted by Crippen LogP contribution is 2.19. The summed E-state index contributed by atoms with van der Waals surface area (Å²) in [5, 5.41) is 16.0. The van der Waals surface area contributed by atoms with Gasteiger partial charge in [0.25, 0.3) is 0 Å². The van der Waals surface area contributed by atoms with Crippen LogP contribution in [0.4, 0.5) is 5.13 Å². The van der Waals surface area contributed by atoms with E-state index in [1.54, 1.807) is 0 Å². The standard InChI is InChI=1S/C13H22N4OS.ClH/c1-2-3-4-7-11-16-17-13(19-11)15-12(18)10-6-5-8-14-9-10;/h10,14H,2-9H2,1H3,(H,15,17,18);1H. The number of aryl methyl sites for hydroxylation is 1. The van der Waals surface area contributed by atoms with Gasteiger partial charge >= 0.3 is 0 Å². The second-order valence-corrected chi connectivity index (χ2v) is 6.05. The Morgan fingerprint density at radius 2 is 2.30 bits per heavy atom. The number of carbonyl (C=O) groups is 1. The molecule has 0 spiro atoms. The molecule has 5 nitrogen and oxygen atoms in total. The lowest BCUT2D eigenvalue weighted by molar-refractivity contribution is -0.120. The summed E-state index contributed by atoms with van der Waals surface area (Å²) in [4.78, 5) is 12.0. The highest BCUT2D eigenvalue weighted by molar-refractivity contribution is 7.15. The number of piperidine rings is 1.